The van der Waals surface area contributed by atoms with E-state index in [1.54, 1.807) is 18.2 Å². The largest absolute Gasteiger partial charge is 0.477 e. The van der Waals surface area contributed by atoms with Crippen molar-refractivity contribution in [2.75, 3.05) is 32.9 Å². The second-order valence-electron chi connectivity index (χ2n) is 13.8. The lowest BCUT2D eigenvalue weighted by Gasteiger charge is -2.51. The molecule has 14 N–H and O–H groups in total. The molecule has 57 heavy (non-hydrogen) atoms. The Morgan fingerprint density at radius 3 is 2.07 bits per heavy atom. The third-order valence-corrected chi connectivity index (χ3v) is 9.57. The van der Waals surface area contributed by atoms with E-state index in [1.807, 2.05) is 0 Å². The fraction of sp³-hybridized carbons (Fsp3) is 0.706. The molecule has 3 amide bonds. The minimum absolute atomic E-state index is 0.0283. The number of aliphatic hydroxyl groups is 8. The Bertz CT molecular complexity index is 1500. The summed E-state index contributed by atoms with van der Waals surface area (Å²) in [6.07, 6.45) is -25.2. The smallest absolute Gasteiger partial charge is 0.364 e. The number of hydrogen-bond acceptors (Lipinski definition) is 19. The van der Waals surface area contributed by atoms with E-state index in [9.17, 15) is 65.1 Å². The summed E-state index contributed by atoms with van der Waals surface area (Å²) in [5.41, 5.74) is 5.71. The first-order chi connectivity index (χ1) is 27.0. The van der Waals surface area contributed by atoms with E-state index in [1.165, 1.54) is 12.1 Å². The summed E-state index contributed by atoms with van der Waals surface area (Å²) in [5, 5.41) is 105. The Labute approximate surface area is 325 Å². The summed E-state index contributed by atoms with van der Waals surface area (Å²) in [7, 11) is 0. The number of aliphatic hydroxyl groups excluding tert-OH is 8. The van der Waals surface area contributed by atoms with Crippen molar-refractivity contribution in [1.82, 2.24) is 16.0 Å². The third-order valence-electron chi connectivity index (χ3n) is 9.57. The van der Waals surface area contributed by atoms with Crippen molar-refractivity contribution in [3.05, 3.63) is 35.9 Å². The van der Waals surface area contributed by atoms with Gasteiger partial charge in [-0.3, -0.25) is 14.4 Å². The number of carboxylic acids is 1. The fourth-order valence-corrected chi connectivity index (χ4v) is 6.78. The monoisotopic (exact) mass is 820 g/mol. The second-order valence-corrected chi connectivity index (χ2v) is 13.8. The second kappa shape index (κ2) is 20.5. The van der Waals surface area contributed by atoms with Gasteiger partial charge in [-0.05, 0) is 12.1 Å². The first-order valence-electron chi connectivity index (χ1n) is 18.0. The van der Waals surface area contributed by atoms with Crippen LogP contribution in [0.2, 0.25) is 0 Å². The SMILES string of the molecule is CC(=O)N[C@H]1[C@H](OCCN)O[C@H](CO)[C@@H](O[C@@H]2O[C@H](CO)[C@H](O)[C@H](O[C@]3(C(=O)O)C[C@H](O)[C@@H](NC(C)=O)[C@H]([C@H](O)[C@H](O)CNC(=O)c4ccccc4)O3)[C@H]2O)[C@@H]1O. The topological polar surface area (TPSA) is 368 Å². The number of nitrogens with one attached hydrogen (secondary N) is 3. The molecule has 1 aromatic carbocycles. The standard InChI is InChI=1S/C34H52N4O19/c1-14(41)37-21-17(43)10-34(33(50)51,56-28(21)23(45)18(44)11-36-30(49)16-6-4-3-5-7-16)57-29-24(46)19(12-39)53-32(26(29)48)55-27-20(13-40)54-31(52-9-8-35)22(25(27)47)38-15(2)42/h3-7,17-29,31-32,39-40,43-48H,8-13,35H2,1-2H3,(H,36,49)(H,37,41)(H,38,42)(H,50,51)/t17-,18+,19+,20+,21+,22+,23+,24-,25+,26+,27+,28+,29-,31+,32-,34-/m0/s1. The van der Waals surface area contributed by atoms with Crippen LogP contribution in [0.4, 0.5) is 0 Å². The van der Waals surface area contributed by atoms with E-state index in [-0.39, 0.29) is 18.7 Å². The van der Waals surface area contributed by atoms with Crippen LogP contribution in [0, 0.1) is 0 Å². The molecule has 0 aliphatic carbocycles. The molecule has 0 spiro atoms. The molecule has 3 fully saturated rings. The summed E-state index contributed by atoms with van der Waals surface area (Å²) in [6, 6.07) is 4.88. The molecule has 0 radical (unpaired) electrons. The number of carboxylic acid groups (broad SMARTS) is 1. The molecule has 4 rings (SSSR count). The minimum Gasteiger partial charge on any atom is -0.477 e. The minimum atomic E-state index is -3.08. The average molecular weight is 821 g/mol. The van der Waals surface area contributed by atoms with Gasteiger partial charge >= 0.3 is 5.97 Å². The summed E-state index contributed by atoms with van der Waals surface area (Å²) >= 11 is 0. The Hall–Kier alpha value is -3.50. The van der Waals surface area contributed by atoms with Gasteiger partial charge in [0.2, 0.25) is 11.8 Å². The first kappa shape index (κ1) is 46.2. The molecule has 3 aliphatic rings. The number of amides is 3. The Morgan fingerprint density at radius 2 is 1.49 bits per heavy atom. The van der Waals surface area contributed by atoms with E-state index in [0.717, 1.165) is 13.8 Å². The maximum atomic E-state index is 13.0. The number of rotatable bonds is 17. The van der Waals surface area contributed by atoms with Gasteiger partial charge in [-0.2, -0.15) is 0 Å². The van der Waals surface area contributed by atoms with Crippen molar-refractivity contribution in [3.63, 3.8) is 0 Å². The van der Waals surface area contributed by atoms with Crippen LogP contribution in [0.5, 0.6) is 0 Å². The van der Waals surface area contributed by atoms with Crippen LogP contribution in [0.25, 0.3) is 0 Å². The molecule has 0 bridgehead atoms. The van der Waals surface area contributed by atoms with Gasteiger partial charge in [0.15, 0.2) is 12.6 Å². The van der Waals surface area contributed by atoms with Crippen LogP contribution < -0.4 is 21.7 Å². The third kappa shape index (κ3) is 11.0. The molecule has 0 unspecified atom stereocenters. The predicted molar refractivity (Wildman–Crippen MR) is 186 cm³/mol. The van der Waals surface area contributed by atoms with E-state index in [0.29, 0.717) is 0 Å². The van der Waals surface area contributed by atoms with Crippen LogP contribution in [-0.4, -0.2) is 200 Å². The van der Waals surface area contributed by atoms with Gasteiger partial charge < -0.3 is 96.1 Å². The molecule has 23 heteroatoms. The maximum Gasteiger partial charge on any atom is 0.364 e. The summed E-state index contributed by atoms with van der Waals surface area (Å²) in [5.74, 6) is -7.09. The van der Waals surface area contributed by atoms with Gasteiger partial charge in [0, 0.05) is 38.9 Å². The number of ether oxygens (including phenoxy) is 6. The quantitative estimate of drug-likeness (QED) is 0.0694. The van der Waals surface area contributed by atoms with E-state index < -0.39 is 147 Å². The first-order valence-corrected chi connectivity index (χ1v) is 18.0. The Balaban J connectivity index is 1.61. The highest BCUT2D eigenvalue weighted by atomic mass is 16.8. The highest BCUT2D eigenvalue weighted by molar-refractivity contribution is 5.94. The summed E-state index contributed by atoms with van der Waals surface area (Å²) < 4.78 is 34.1. The molecule has 3 saturated heterocycles. The van der Waals surface area contributed by atoms with E-state index in [2.05, 4.69) is 16.0 Å². The molecule has 0 saturated carbocycles. The Kier molecular flexibility index (Phi) is 16.6. The van der Waals surface area contributed by atoms with Gasteiger partial charge in [0.05, 0.1) is 38.1 Å². The van der Waals surface area contributed by atoms with E-state index >= 15 is 0 Å². The lowest BCUT2D eigenvalue weighted by Crippen LogP contribution is -2.71. The zero-order valence-corrected chi connectivity index (χ0v) is 31.0. The maximum absolute atomic E-state index is 13.0. The highest BCUT2D eigenvalue weighted by Gasteiger charge is 2.60. The van der Waals surface area contributed by atoms with Crippen molar-refractivity contribution in [2.45, 2.75) is 118 Å². The lowest BCUT2D eigenvalue weighted by molar-refractivity contribution is -0.382. The van der Waals surface area contributed by atoms with Crippen molar-refractivity contribution in [2.24, 2.45) is 5.73 Å². The van der Waals surface area contributed by atoms with Gasteiger partial charge in [0.25, 0.3) is 11.7 Å². The highest BCUT2D eigenvalue weighted by Crippen LogP contribution is 2.38. The normalized spacial score (nSPS) is 36.7. The zero-order valence-electron chi connectivity index (χ0n) is 31.0. The lowest BCUT2D eigenvalue weighted by atomic mass is 9.88. The average Bonchev–Trinajstić information content (AvgIpc) is 3.17. The van der Waals surface area contributed by atoms with Crippen LogP contribution in [0.15, 0.2) is 30.3 Å². The number of aliphatic carboxylic acids is 1. The molecule has 3 aliphatic heterocycles. The molecule has 0 aromatic heterocycles. The molecule has 16 atom stereocenters. The van der Waals surface area contributed by atoms with Crippen LogP contribution in [0.1, 0.15) is 30.6 Å². The van der Waals surface area contributed by atoms with Crippen LogP contribution in [-0.2, 0) is 42.8 Å². The zero-order chi connectivity index (χ0) is 42.2. The molecular formula is C34H52N4O19. The molecule has 3 heterocycles. The van der Waals surface area contributed by atoms with Gasteiger partial charge in [-0.1, -0.05) is 18.2 Å². The van der Waals surface area contributed by atoms with Crippen LogP contribution >= 0.6 is 0 Å². The number of hydrogen-bond donors (Lipinski definition) is 13. The summed E-state index contributed by atoms with van der Waals surface area (Å²) in [6.45, 7) is -0.290. The number of carbonyl (C=O) groups is 4. The molecule has 1 aromatic rings. The predicted octanol–water partition coefficient (Wildman–Crippen LogP) is -6.66. The van der Waals surface area contributed by atoms with Gasteiger partial charge in [-0.25, -0.2) is 4.79 Å². The molecule has 23 nitrogen and oxygen atoms in total. The molecular weight excluding hydrogens is 768 g/mol. The van der Waals surface area contributed by atoms with Crippen molar-refractivity contribution in [1.29, 1.82) is 0 Å². The fourth-order valence-electron chi connectivity index (χ4n) is 6.78. The van der Waals surface area contributed by atoms with Crippen molar-refractivity contribution >= 4 is 23.7 Å². The van der Waals surface area contributed by atoms with Crippen molar-refractivity contribution in [3.8, 4) is 0 Å². The summed E-state index contributed by atoms with van der Waals surface area (Å²) in [4.78, 5) is 49.7. The van der Waals surface area contributed by atoms with Gasteiger partial charge in [-0.15, -0.1) is 0 Å². The molecule has 322 valence electrons. The van der Waals surface area contributed by atoms with Crippen LogP contribution in [0.3, 0.4) is 0 Å². The number of nitrogens with two attached hydrogens (primary N) is 1. The van der Waals surface area contributed by atoms with Crippen molar-refractivity contribution < 1.29 is 93.6 Å². The van der Waals surface area contributed by atoms with E-state index in [4.69, 9.17) is 34.2 Å². The number of carbonyl (C=O) groups excluding carboxylic acids is 3. The number of benzene rings is 1. The van der Waals surface area contributed by atoms with Gasteiger partial charge in [0.1, 0.15) is 61.0 Å². The Morgan fingerprint density at radius 1 is 0.877 bits per heavy atom.